The summed E-state index contributed by atoms with van der Waals surface area (Å²) in [5.74, 6) is -8.40. The molecular weight excluding hydrogens is 617 g/mol. The van der Waals surface area contributed by atoms with Gasteiger partial charge in [0.15, 0.2) is 11.4 Å². The fraction of sp³-hybridized carbons (Fsp3) is 0.457. The number of nitrogens with two attached hydrogens (primary N) is 1. The zero-order chi connectivity index (χ0) is 34.2. The average molecular weight is 655 g/mol. The van der Waals surface area contributed by atoms with Gasteiger partial charge >= 0.3 is 6.18 Å². The molecule has 0 aliphatic heterocycles. The second-order valence-electron chi connectivity index (χ2n) is 14.1. The first-order valence-corrected chi connectivity index (χ1v) is 15.6. The summed E-state index contributed by atoms with van der Waals surface area (Å²) < 4.78 is 45.1. The molecule has 3 atom stereocenters. The van der Waals surface area contributed by atoms with Crippen molar-refractivity contribution in [2.24, 2.45) is 23.5 Å². The number of hydrogen-bond donors (Lipinski definition) is 5. The van der Waals surface area contributed by atoms with Crippen molar-refractivity contribution in [2.45, 2.75) is 69.7 Å². The number of primary amides is 1. The first-order valence-electron chi connectivity index (χ1n) is 15.6. The Morgan fingerprint density at radius 1 is 1.06 bits per heavy atom. The fourth-order valence-corrected chi connectivity index (χ4v) is 7.87. The van der Waals surface area contributed by atoms with Crippen LogP contribution in [0.2, 0.25) is 0 Å². The van der Waals surface area contributed by atoms with Gasteiger partial charge in [-0.25, -0.2) is 0 Å². The van der Waals surface area contributed by atoms with Crippen LogP contribution in [0.1, 0.15) is 67.3 Å². The average Bonchev–Trinajstić information content (AvgIpc) is 3.78. The van der Waals surface area contributed by atoms with E-state index in [0.29, 0.717) is 19.0 Å². The third kappa shape index (κ3) is 5.50. The number of phenolic OH excluding ortho intramolecular Hbond substituents is 1. The van der Waals surface area contributed by atoms with E-state index in [1.807, 2.05) is 49.1 Å². The molecule has 2 saturated carbocycles. The molecule has 2 aromatic rings. The van der Waals surface area contributed by atoms with Crippen LogP contribution in [0, 0.1) is 17.8 Å². The summed E-state index contributed by atoms with van der Waals surface area (Å²) in [6.45, 7) is 4.93. The minimum Gasteiger partial charge on any atom is -0.508 e. The zero-order valence-electron chi connectivity index (χ0n) is 26.0. The van der Waals surface area contributed by atoms with Crippen LogP contribution in [0.15, 0.2) is 53.3 Å². The predicted octanol–water partition coefficient (Wildman–Crippen LogP) is 4.63. The van der Waals surface area contributed by atoms with Crippen molar-refractivity contribution in [1.82, 2.24) is 4.90 Å². The molecule has 2 aromatic carbocycles. The van der Waals surface area contributed by atoms with E-state index in [0.717, 1.165) is 24.5 Å². The number of amides is 1. The molecule has 47 heavy (non-hydrogen) atoms. The molecule has 2 fully saturated rings. The van der Waals surface area contributed by atoms with Gasteiger partial charge < -0.3 is 26.2 Å². The topological polar surface area (TPSA) is 161 Å². The Kier molecular flexibility index (Phi) is 7.83. The molecule has 4 aliphatic rings. The molecule has 250 valence electrons. The van der Waals surface area contributed by atoms with Crippen molar-refractivity contribution in [1.29, 1.82) is 0 Å². The molecule has 6 N–H and O–H groups in total. The van der Waals surface area contributed by atoms with Gasteiger partial charge in [-0.1, -0.05) is 44.2 Å². The largest absolute Gasteiger partial charge is 0.508 e. The third-order valence-electron chi connectivity index (χ3n) is 10.2. The van der Waals surface area contributed by atoms with Gasteiger partial charge in [-0.15, -0.1) is 0 Å². The second kappa shape index (κ2) is 11.2. The lowest BCUT2D eigenvalue weighted by molar-refractivity contribution is -0.147. The summed E-state index contributed by atoms with van der Waals surface area (Å²) in [5, 5.41) is 44.7. The summed E-state index contributed by atoms with van der Waals surface area (Å²) in [7, 11) is 0. The summed E-state index contributed by atoms with van der Waals surface area (Å²) in [5.41, 5.74) is -0.547. The smallest absolute Gasteiger partial charge is 0.417 e. The highest BCUT2D eigenvalue weighted by atomic mass is 19.4. The molecule has 0 radical (unpaired) electrons. The lowest BCUT2D eigenvalue weighted by Crippen LogP contribution is -2.58. The number of nitrogens with zero attached hydrogens (tertiary/aromatic N) is 1. The Bertz CT molecular complexity index is 1740. The SMILES string of the molecule is CC(C)(CN(Cc1cc(O)c2c(c1C(F)(F)F)CC1C[C@H]3CC(=O)C(C(N)=O)=C(O)[C@@]3(O)C(=O)C1=C2O)CC1CC1)c1ccccc1. The summed E-state index contributed by atoms with van der Waals surface area (Å²) in [6.07, 6.45) is -4.20. The highest BCUT2D eigenvalue weighted by molar-refractivity contribution is 6.22. The molecule has 6 rings (SSSR count). The number of hydrogen-bond acceptors (Lipinski definition) is 8. The lowest BCUT2D eigenvalue weighted by Gasteiger charge is -2.46. The second-order valence-corrected chi connectivity index (χ2v) is 14.1. The molecular formula is C35H37F3N2O7. The van der Waals surface area contributed by atoms with Gasteiger partial charge in [0.1, 0.15) is 22.8 Å². The van der Waals surface area contributed by atoms with Gasteiger partial charge in [-0.05, 0) is 60.3 Å². The maximum absolute atomic E-state index is 15.0. The quantitative estimate of drug-likeness (QED) is 0.258. The molecule has 12 heteroatoms. The molecule has 0 spiro atoms. The lowest BCUT2D eigenvalue weighted by atomic mass is 9.59. The first kappa shape index (κ1) is 32.8. The van der Waals surface area contributed by atoms with Crippen LogP contribution >= 0.6 is 0 Å². The monoisotopic (exact) mass is 654 g/mol. The van der Waals surface area contributed by atoms with Gasteiger partial charge in [-0.2, -0.15) is 13.2 Å². The first-order chi connectivity index (χ1) is 21.9. The fourth-order valence-electron chi connectivity index (χ4n) is 7.87. The predicted molar refractivity (Wildman–Crippen MR) is 164 cm³/mol. The molecule has 9 nitrogen and oxygen atoms in total. The Hall–Kier alpha value is -4.16. The molecule has 1 amide bonds. The number of aliphatic hydroxyl groups is 3. The summed E-state index contributed by atoms with van der Waals surface area (Å²) >= 11 is 0. The molecule has 4 aliphatic carbocycles. The molecule has 0 bridgehead atoms. The van der Waals surface area contributed by atoms with Gasteiger partial charge in [0.25, 0.3) is 5.91 Å². The third-order valence-corrected chi connectivity index (χ3v) is 10.2. The van der Waals surface area contributed by atoms with Gasteiger partial charge in [0.05, 0.1) is 11.1 Å². The van der Waals surface area contributed by atoms with E-state index in [1.165, 1.54) is 0 Å². The highest BCUT2D eigenvalue weighted by Gasteiger charge is 2.60. The van der Waals surface area contributed by atoms with Gasteiger partial charge in [0, 0.05) is 43.0 Å². The van der Waals surface area contributed by atoms with Crippen LogP contribution in [-0.4, -0.2) is 61.5 Å². The molecule has 1 unspecified atom stereocenters. The van der Waals surface area contributed by atoms with E-state index in [-0.39, 0.29) is 24.1 Å². The minimum atomic E-state index is -4.90. The van der Waals surface area contributed by atoms with E-state index in [2.05, 4.69) is 0 Å². The van der Waals surface area contributed by atoms with Crippen LogP contribution in [-0.2, 0) is 38.9 Å². The Morgan fingerprint density at radius 2 is 1.72 bits per heavy atom. The standard InChI is InChI=1S/C35H37F3N2O7/c1-33(2,20-6-4-3-5-7-20)16-40(14-17-8-9-17)15-19-12-23(41)26-22(28(19)35(36,37)38)11-18-10-21-13-24(42)27(32(39)46)31(45)34(21,47)30(44)25(18)29(26)43/h3-7,12,17-18,21,41,43,45,47H,8-11,13-16H2,1-2H3,(H2,39,46)/t18?,21-,34-/m0/s1. The normalized spacial score (nSPS) is 24.7. The molecule has 0 aromatic heterocycles. The number of aliphatic hydroxyl groups excluding tert-OH is 2. The number of phenols is 1. The van der Waals surface area contributed by atoms with Crippen molar-refractivity contribution in [2.75, 3.05) is 13.1 Å². The maximum atomic E-state index is 15.0. The number of ketones is 2. The molecule has 0 heterocycles. The minimum absolute atomic E-state index is 0.130. The number of aromatic hydroxyl groups is 1. The number of benzene rings is 2. The van der Waals surface area contributed by atoms with Crippen molar-refractivity contribution in [3.63, 3.8) is 0 Å². The van der Waals surface area contributed by atoms with Crippen molar-refractivity contribution in [3.05, 3.63) is 81.1 Å². The van der Waals surface area contributed by atoms with Gasteiger partial charge in [-0.3, -0.25) is 19.3 Å². The zero-order valence-corrected chi connectivity index (χ0v) is 26.0. The number of fused-ring (bicyclic) bond motifs is 3. The number of alkyl halides is 3. The van der Waals surface area contributed by atoms with Crippen LogP contribution < -0.4 is 5.73 Å². The summed E-state index contributed by atoms with van der Waals surface area (Å²) in [4.78, 5) is 40.2. The van der Waals surface area contributed by atoms with E-state index >= 15 is 13.2 Å². The number of carbonyl (C=O) groups is 3. The number of carbonyl (C=O) groups excluding carboxylic acids is 3. The van der Waals surface area contributed by atoms with Crippen molar-refractivity contribution in [3.8, 4) is 5.75 Å². The van der Waals surface area contributed by atoms with Crippen molar-refractivity contribution < 1.29 is 48.0 Å². The number of Topliss-reactive ketones (excluding diaryl/α,β-unsaturated/α-hetero) is 2. The number of halogens is 3. The van der Waals surface area contributed by atoms with E-state index in [4.69, 9.17) is 5.73 Å². The van der Waals surface area contributed by atoms with Crippen LogP contribution in [0.3, 0.4) is 0 Å². The van der Waals surface area contributed by atoms with E-state index in [9.17, 15) is 34.8 Å². The van der Waals surface area contributed by atoms with E-state index < -0.39 is 98.9 Å². The Balaban J connectivity index is 1.44. The highest BCUT2D eigenvalue weighted by Crippen LogP contribution is 2.54. The Labute approximate surface area is 269 Å². The van der Waals surface area contributed by atoms with Crippen molar-refractivity contribution >= 4 is 23.2 Å². The summed E-state index contributed by atoms with van der Waals surface area (Å²) in [6, 6.07) is 10.6. The maximum Gasteiger partial charge on any atom is 0.417 e. The van der Waals surface area contributed by atoms with Gasteiger partial charge in [0.2, 0.25) is 5.78 Å². The molecule has 0 saturated heterocycles. The van der Waals surface area contributed by atoms with E-state index in [1.54, 1.807) is 0 Å². The van der Waals surface area contributed by atoms with Crippen LogP contribution in [0.4, 0.5) is 13.2 Å². The Morgan fingerprint density at radius 3 is 2.32 bits per heavy atom. The van der Waals surface area contributed by atoms with Crippen LogP contribution in [0.25, 0.3) is 5.76 Å². The van der Waals surface area contributed by atoms with Crippen LogP contribution in [0.5, 0.6) is 5.75 Å². The number of rotatable bonds is 8.